The second kappa shape index (κ2) is 4.72. The minimum Gasteiger partial charge on any atom is -0.324 e. The van der Waals surface area contributed by atoms with E-state index in [1.165, 1.54) is 16.7 Å². The summed E-state index contributed by atoms with van der Waals surface area (Å²) in [4.78, 5) is 0. The van der Waals surface area contributed by atoms with Crippen molar-refractivity contribution in [1.29, 1.82) is 0 Å². The highest BCUT2D eigenvalue weighted by atomic mass is 15.2. The van der Waals surface area contributed by atoms with Crippen LogP contribution in [-0.4, -0.2) is 9.78 Å². The first kappa shape index (κ1) is 11.9. The third-order valence-electron chi connectivity index (χ3n) is 3.10. The summed E-state index contributed by atoms with van der Waals surface area (Å²) in [6.45, 7) is 4.13. The molecule has 3 heteroatoms. The molecule has 2 rings (SSSR count). The fraction of sp³-hybridized carbons (Fsp3) is 0.357. The molecule has 0 spiro atoms. The van der Waals surface area contributed by atoms with Gasteiger partial charge in [-0.1, -0.05) is 31.2 Å². The molecule has 17 heavy (non-hydrogen) atoms. The van der Waals surface area contributed by atoms with Gasteiger partial charge in [-0.2, -0.15) is 5.10 Å². The Morgan fingerprint density at radius 1 is 1.29 bits per heavy atom. The van der Waals surface area contributed by atoms with E-state index in [1.807, 2.05) is 24.9 Å². The molecule has 0 fully saturated rings. The van der Waals surface area contributed by atoms with Crippen molar-refractivity contribution in [1.82, 2.24) is 9.78 Å². The molecule has 0 radical (unpaired) electrons. The summed E-state index contributed by atoms with van der Waals surface area (Å²) in [6, 6.07) is 8.59. The Hall–Kier alpha value is -1.61. The van der Waals surface area contributed by atoms with Crippen molar-refractivity contribution in [2.24, 2.45) is 12.8 Å². The normalized spacial score (nSPS) is 12.7. The molecule has 1 unspecified atom stereocenters. The first-order chi connectivity index (χ1) is 8.11. The van der Waals surface area contributed by atoms with Gasteiger partial charge in [-0.15, -0.1) is 0 Å². The molecule has 0 aliphatic carbocycles. The van der Waals surface area contributed by atoms with Crippen molar-refractivity contribution in [2.45, 2.75) is 26.3 Å². The molecule has 1 aromatic carbocycles. The third-order valence-corrected chi connectivity index (χ3v) is 3.10. The summed E-state index contributed by atoms with van der Waals surface area (Å²) in [5.74, 6) is 0. The van der Waals surface area contributed by atoms with Crippen molar-refractivity contribution < 1.29 is 0 Å². The highest BCUT2D eigenvalue weighted by molar-refractivity contribution is 5.65. The average molecular weight is 229 g/mol. The van der Waals surface area contributed by atoms with Gasteiger partial charge in [-0.25, -0.2) is 0 Å². The Morgan fingerprint density at radius 3 is 2.41 bits per heavy atom. The van der Waals surface area contributed by atoms with Crippen LogP contribution in [0, 0.1) is 6.92 Å². The van der Waals surface area contributed by atoms with E-state index in [0.29, 0.717) is 0 Å². The number of aromatic nitrogens is 2. The van der Waals surface area contributed by atoms with Crippen molar-refractivity contribution in [3.8, 4) is 11.1 Å². The Morgan fingerprint density at radius 2 is 1.94 bits per heavy atom. The maximum atomic E-state index is 6.00. The summed E-state index contributed by atoms with van der Waals surface area (Å²) in [5.41, 5.74) is 10.6. The van der Waals surface area contributed by atoms with Crippen LogP contribution in [-0.2, 0) is 7.05 Å². The molecule has 0 saturated carbocycles. The van der Waals surface area contributed by atoms with Gasteiger partial charge in [0.1, 0.15) is 0 Å². The number of nitrogens with two attached hydrogens (primary N) is 1. The van der Waals surface area contributed by atoms with Gasteiger partial charge in [0.15, 0.2) is 0 Å². The molecule has 0 bridgehead atoms. The van der Waals surface area contributed by atoms with Gasteiger partial charge in [0.2, 0.25) is 0 Å². The van der Waals surface area contributed by atoms with Crippen LogP contribution in [0.4, 0.5) is 0 Å². The van der Waals surface area contributed by atoms with Gasteiger partial charge in [0.05, 0.1) is 5.69 Å². The lowest BCUT2D eigenvalue weighted by molar-refractivity contribution is 0.699. The Balaban J connectivity index is 2.32. The smallest absolute Gasteiger partial charge is 0.0671 e. The molecule has 2 aromatic rings. The monoisotopic (exact) mass is 229 g/mol. The zero-order valence-electron chi connectivity index (χ0n) is 10.6. The van der Waals surface area contributed by atoms with Crippen molar-refractivity contribution in [3.63, 3.8) is 0 Å². The van der Waals surface area contributed by atoms with Crippen LogP contribution >= 0.6 is 0 Å². The topological polar surface area (TPSA) is 43.8 Å². The predicted molar refractivity (Wildman–Crippen MR) is 70.6 cm³/mol. The standard InChI is InChI=1S/C14H19N3/c1-4-14(15)12-7-5-11(6-8-12)13-9-17(3)16-10(13)2/h5-9,14H,4,15H2,1-3H3. The van der Waals surface area contributed by atoms with Crippen molar-refractivity contribution >= 4 is 0 Å². The average Bonchev–Trinajstić information content (AvgIpc) is 2.68. The van der Waals surface area contributed by atoms with Crippen molar-refractivity contribution in [2.75, 3.05) is 0 Å². The van der Waals surface area contributed by atoms with Gasteiger partial charge in [0, 0.05) is 24.8 Å². The number of benzene rings is 1. The molecule has 3 nitrogen and oxygen atoms in total. The summed E-state index contributed by atoms with van der Waals surface area (Å²) in [5, 5.41) is 4.35. The summed E-state index contributed by atoms with van der Waals surface area (Å²) >= 11 is 0. The zero-order chi connectivity index (χ0) is 12.4. The molecule has 1 heterocycles. The largest absolute Gasteiger partial charge is 0.324 e. The van der Waals surface area contributed by atoms with Gasteiger partial charge in [-0.3, -0.25) is 4.68 Å². The molecule has 1 atom stereocenters. The SMILES string of the molecule is CCC(N)c1ccc(-c2cn(C)nc2C)cc1. The highest BCUT2D eigenvalue weighted by Crippen LogP contribution is 2.24. The van der Waals surface area contributed by atoms with Crippen molar-refractivity contribution in [3.05, 3.63) is 41.7 Å². The molecule has 2 N–H and O–H groups in total. The van der Waals surface area contributed by atoms with Gasteiger partial charge in [-0.05, 0) is 24.5 Å². The summed E-state index contributed by atoms with van der Waals surface area (Å²) in [6.07, 6.45) is 3.01. The number of hydrogen-bond donors (Lipinski definition) is 1. The lowest BCUT2D eigenvalue weighted by Gasteiger charge is -2.09. The highest BCUT2D eigenvalue weighted by Gasteiger charge is 2.07. The Bertz CT molecular complexity index is 497. The second-order valence-corrected chi connectivity index (χ2v) is 4.44. The molecular weight excluding hydrogens is 210 g/mol. The van der Waals surface area contributed by atoms with Crippen LogP contribution in [0.1, 0.15) is 30.6 Å². The molecule has 0 amide bonds. The lowest BCUT2D eigenvalue weighted by atomic mass is 10.0. The number of aryl methyl sites for hydroxylation is 2. The first-order valence-corrected chi connectivity index (χ1v) is 5.98. The van der Waals surface area contributed by atoms with Gasteiger partial charge in [0.25, 0.3) is 0 Å². The molecule has 0 saturated heterocycles. The van der Waals surface area contributed by atoms with Crippen LogP contribution in [0.3, 0.4) is 0 Å². The predicted octanol–water partition coefficient (Wildman–Crippen LogP) is 2.81. The Labute approximate surface area is 102 Å². The maximum Gasteiger partial charge on any atom is 0.0671 e. The maximum absolute atomic E-state index is 6.00. The minimum atomic E-state index is 0.138. The van der Waals surface area contributed by atoms with Gasteiger partial charge < -0.3 is 5.73 Å². The van der Waals surface area contributed by atoms with Gasteiger partial charge >= 0.3 is 0 Å². The summed E-state index contributed by atoms with van der Waals surface area (Å²) in [7, 11) is 1.94. The van der Waals surface area contributed by atoms with E-state index in [9.17, 15) is 0 Å². The molecular formula is C14H19N3. The van der Waals surface area contributed by atoms with Crippen LogP contribution in [0.2, 0.25) is 0 Å². The van der Waals surface area contributed by atoms with E-state index in [0.717, 1.165) is 12.1 Å². The lowest BCUT2D eigenvalue weighted by Crippen LogP contribution is -2.08. The first-order valence-electron chi connectivity index (χ1n) is 5.98. The van der Waals surface area contributed by atoms with Crippen LogP contribution in [0.25, 0.3) is 11.1 Å². The van der Waals surface area contributed by atoms with E-state index >= 15 is 0 Å². The molecule has 90 valence electrons. The van der Waals surface area contributed by atoms with Crippen LogP contribution in [0.5, 0.6) is 0 Å². The van der Waals surface area contributed by atoms with Crippen LogP contribution in [0.15, 0.2) is 30.5 Å². The minimum absolute atomic E-state index is 0.138. The van der Waals surface area contributed by atoms with E-state index in [1.54, 1.807) is 0 Å². The Kier molecular flexibility index (Phi) is 3.29. The van der Waals surface area contributed by atoms with Crippen LogP contribution < -0.4 is 5.73 Å². The van der Waals surface area contributed by atoms with E-state index < -0.39 is 0 Å². The second-order valence-electron chi connectivity index (χ2n) is 4.44. The molecule has 1 aromatic heterocycles. The molecule has 0 aliphatic heterocycles. The summed E-state index contributed by atoms with van der Waals surface area (Å²) < 4.78 is 1.84. The fourth-order valence-electron chi connectivity index (χ4n) is 2.03. The fourth-order valence-corrected chi connectivity index (χ4v) is 2.03. The number of nitrogens with zero attached hydrogens (tertiary/aromatic N) is 2. The quantitative estimate of drug-likeness (QED) is 0.879. The zero-order valence-corrected chi connectivity index (χ0v) is 10.6. The van der Waals surface area contributed by atoms with E-state index in [4.69, 9.17) is 5.73 Å². The van der Waals surface area contributed by atoms with E-state index in [-0.39, 0.29) is 6.04 Å². The van der Waals surface area contributed by atoms with E-state index in [2.05, 4.69) is 36.3 Å². The third kappa shape index (κ3) is 2.39. The number of hydrogen-bond acceptors (Lipinski definition) is 2. The molecule has 0 aliphatic rings. The number of rotatable bonds is 3.